The molecule has 0 amide bonds. The summed E-state index contributed by atoms with van der Waals surface area (Å²) in [7, 11) is 0. The summed E-state index contributed by atoms with van der Waals surface area (Å²) in [5.41, 5.74) is 5.17. The van der Waals surface area contributed by atoms with Crippen molar-refractivity contribution in [2.45, 2.75) is 93.4 Å². The van der Waals surface area contributed by atoms with E-state index in [2.05, 4.69) is 73.2 Å². The number of nitrogens with zero attached hydrogens (tertiary/aromatic N) is 2. The minimum absolute atomic E-state index is 0. The molecular weight excluding hydrogens is 761 g/mol. The van der Waals surface area contributed by atoms with Gasteiger partial charge in [-0.1, -0.05) is 97.5 Å². The van der Waals surface area contributed by atoms with Gasteiger partial charge in [0.1, 0.15) is 11.5 Å². The number of fused-ring (bicyclic) bond motifs is 2. The number of aromatic nitrogens is 2. The topological polar surface area (TPSA) is 76.2 Å². The molecule has 3 heterocycles. The quantitative estimate of drug-likeness (QED) is 0.0912. The van der Waals surface area contributed by atoms with Crippen molar-refractivity contribution in [3.05, 3.63) is 96.7 Å². The molecule has 0 saturated carbocycles. The van der Waals surface area contributed by atoms with E-state index < -0.39 is 0 Å². The summed E-state index contributed by atoms with van der Waals surface area (Å²) < 4.78 is 5.68. The molecule has 0 aliphatic rings. The Kier molecular flexibility index (Phi) is 12.5. The first-order valence-corrected chi connectivity index (χ1v) is 16.5. The second-order valence-electron chi connectivity index (χ2n) is 13.7. The van der Waals surface area contributed by atoms with Gasteiger partial charge in [-0.2, -0.15) is 0 Å². The van der Waals surface area contributed by atoms with Crippen LogP contribution in [-0.4, -0.2) is 20.9 Å². The molecule has 6 heteroatoms. The number of furan rings is 1. The summed E-state index contributed by atoms with van der Waals surface area (Å²) in [6.07, 6.45) is 10.1. The smallest absolute Gasteiger partial charge is 0.164 e. The van der Waals surface area contributed by atoms with E-state index in [9.17, 15) is 9.90 Å². The van der Waals surface area contributed by atoms with Gasteiger partial charge >= 0.3 is 0 Å². The molecule has 47 heavy (non-hydrogen) atoms. The summed E-state index contributed by atoms with van der Waals surface area (Å²) in [4.78, 5) is 21.4. The Labute approximate surface area is 294 Å². The maximum atomic E-state index is 12.2. The SMILES string of the molecule is CC(C)(C)c1cc(-c2cc(-c3nccc4ccoc34)ccn2)[c-]c2ccccc12.CCC(C)(CC)C(=O)/C=C(\O)C(C)(CC)CC.[Ir]. The van der Waals surface area contributed by atoms with E-state index in [1.165, 1.54) is 17.0 Å². The molecular formula is C41H49IrN2O3-. The maximum absolute atomic E-state index is 12.2. The Morgan fingerprint density at radius 1 is 0.851 bits per heavy atom. The number of pyridine rings is 2. The van der Waals surface area contributed by atoms with Crippen molar-refractivity contribution in [1.29, 1.82) is 0 Å². The molecule has 0 unspecified atom stereocenters. The zero-order chi connectivity index (χ0) is 33.7. The maximum Gasteiger partial charge on any atom is 0.164 e. The van der Waals surface area contributed by atoms with E-state index in [0.717, 1.165) is 64.6 Å². The van der Waals surface area contributed by atoms with Crippen LogP contribution in [0.3, 0.4) is 0 Å². The molecule has 3 aromatic heterocycles. The van der Waals surface area contributed by atoms with E-state index in [-0.39, 0.29) is 47.9 Å². The van der Waals surface area contributed by atoms with Gasteiger partial charge in [0.15, 0.2) is 11.4 Å². The summed E-state index contributed by atoms with van der Waals surface area (Å²) >= 11 is 0. The number of rotatable bonds is 9. The van der Waals surface area contributed by atoms with Crippen LogP contribution < -0.4 is 0 Å². The van der Waals surface area contributed by atoms with Crippen molar-refractivity contribution in [3.8, 4) is 22.5 Å². The van der Waals surface area contributed by atoms with Gasteiger partial charge in [0, 0.05) is 66.0 Å². The molecule has 0 atom stereocenters. The average Bonchev–Trinajstić information content (AvgIpc) is 3.56. The van der Waals surface area contributed by atoms with Crippen LogP contribution in [0.5, 0.6) is 0 Å². The van der Waals surface area contributed by atoms with Crippen molar-refractivity contribution >= 4 is 27.5 Å². The van der Waals surface area contributed by atoms with Gasteiger partial charge in [0.25, 0.3) is 0 Å². The number of hydrogen-bond acceptors (Lipinski definition) is 5. The van der Waals surface area contributed by atoms with E-state index in [4.69, 9.17) is 4.42 Å². The Morgan fingerprint density at radius 3 is 2.13 bits per heavy atom. The van der Waals surface area contributed by atoms with Crippen LogP contribution in [0.2, 0.25) is 0 Å². The second-order valence-corrected chi connectivity index (χ2v) is 13.7. The van der Waals surface area contributed by atoms with Gasteiger partial charge in [-0.05, 0) is 49.3 Å². The first-order valence-electron chi connectivity index (χ1n) is 16.5. The van der Waals surface area contributed by atoms with Crippen molar-refractivity contribution in [3.63, 3.8) is 0 Å². The van der Waals surface area contributed by atoms with Crippen molar-refractivity contribution < 1.29 is 34.4 Å². The Balaban J connectivity index is 0.000000290. The molecule has 1 radical (unpaired) electrons. The van der Waals surface area contributed by atoms with Crippen LogP contribution in [0.15, 0.2) is 89.5 Å². The average molecular weight is 810 g/mol. The summed E-state index contributed by atoms with van der Waals surface area (Å²) in [5.74, 6) is 0.286. The fraction of sp³-hybridized carbons (Fsp3) is 0.390. The molecule has 5 rings (SSSR count). The first kappa shape index (κ1) is 37.9. The zero-order valence-electron chi connectivity index (χ0n) is 29.3. The molecule has 0 aliphatic heterocycles. The summed E-state index contributed by atoms with van der Waals surface area (Å²) in [6.45, 7) is 18.8. The number of allylic oxidation sites excluding steroid dienone is 2. The molecule has 0 spiro atoms. The molecule has 0 saturated heterocycles. The van der Waals surface area contributed by atoms with Crippen molar-refractivity contribution in [2.24, 2.45) is 10.8 Å². The third-order valence-electron chi connectivity index (χ3n) is 9.86. The molecule has 0 bridgehead atoms. The fourth-order valence-electron chi connectivity index (χ4n) is 5.50. The summed E-state index contributed by atoms with van der Waals surface area (Å²) in [6, 6.07) is 22.1. The number of aliphatic hydroxyl groups excluding tert-OH is 1. The van der Waals surface area contributed by atoms with Crippen LogP contribution >= 0.6 is 0 Å². The second kappa shape index (κ2) is 15.5. The van der Waals surface area contributed by atoms with E-state index in [1.54, 1.807) is 6.26 Å². The number of aliphatic hydroxyl groups is 1. The number of hydrogen-bond donors (Lipinski definition) is 1. The van der Waals surface area contributed by atoms with Crippen LogP contribution in [0.4, 0.5) is 0 Å². The third-order valence-corrected chi connectivity index (χ3v) is 9.86. The number of carbonyl (C=O) groups is 1. The normalized spacial score (nSPS) is 12.4. The van der Waals surface area contributed by atoms with Crippen LogP contribution in [0, 0.1) is 16.9 Å². The van der Waals surface area contributed by atoms with Gasteiger partial charge in [0.2, 0.25) is 0 Å². The molecule has 251 valence electrons. The van der Waals surface area contributed by atoms with E-state index in [0.29, 0.717) is 0 Å². The Bertz CT molecular complexity index is 1840. The van der Waals surface area contributed by atoms with Gasteiger partial charge in [-0.15, -0.1) is 29.1 Å². The fourth-order valence-corrected chi connectivity index (χ4v) is 5.50. The van der Waals surface area contributed by atoms with Crippen LogP contribution in [0.25, 0.3) is 44.3 Å². The van der Waals surface area contributed by atoms with Crippen LogP contribution in [0.1, 0.15) is 93.6 Å². The largest absolute Gasteiger partial charge is 0.512 e. The van der Waals surface area contributed by atoms with Gasteiger partial charge in [0.05, 0.1) is 6.26 Å². The number of ketones is 1. The minimum Gasteiger partial charge on any atom is -0.512 e. The summed E-state index contributed by atoms with van der Waals surface area (Å²) in [5, 5.41) is 13.5. The van der Waals surface area contributed by atoms with Crippen molar-refractivity contribution in [2.75, 3.05) is 0 Å². The van der Waals surface area contributed by atoms with Crippen molar-refractivity contribution in [1.82, 2.24) is 9.97 Å². The molecule has 2 aromatic carbocycles. The molecule has 0 aliphatic carbocycles. The molecule has 5 nitrogen and oxygen atoms in total. The molecule has 5 aromatic rings. The van der Waals surface area contributed by atoms with E-state index >= 15 is 0 Å². The van der Waals surface area contributed by atoms with Gasteiger partial charge < -0.3 is 9.52 Å². The van der Waals surface area contributed by atoms with Gasteiger partial charge in [-0.3, -0.25) is 14.8 Å². The number of benzene rings is 2. The van der Waals surface area contributed by atoms with Gasteiger partial charge in [-0.25, -0.2) is 0 Å². The third kappa shape index (κ3) is 8.28. The number of carbonyl (C=O) groups excluding carboxylic acids is 1. The first-order chi connectivity index (χ1) is 21.8. The Hall–Kier alpha value is -3.60. The van der Waals surface area contributed by atoms with Crippen LogP contribution in [-0.2, 0) is 30.3 Å². The minimum atomic E-state index is -0.337. The monoisotopic (exact) mass is 810 g/mol. The predicted octanol–water partition coefficient (Wildman–Crippen LogP) is 11.5. The molecule has 0 fully saturated rings. The molecule has 1 N–H and O–H groups in total. The van der Waals surface area contributed by atoms with E-state index in [1.807, 2.05) is 72.1 Å². The zero-order valence-corrected chi connectivity index (χ0v) is 31.7. The predicted molar refractivity (Wildman–Crippen MR) is 191 cm³/mol. The Morgan fingerprint density at radius 2 is 1.49 bits per heavy atom. The standard InChI is InChI=1S/C26H21N2O.C15H28O2.Ir/c1-26(2,3)22-15-20(14-18-6-4-5-7-21(18)22)23-16-19(9-11-27-23)24-25-17(8-12-28-24)10-13-29-25;1-7-14(5,8-2)12(16)11-13(17)15(6,9-3)10-4;/h4-13,15-16H,1-3H3;11,16H,7-10H2,1-6H3;/q-1;;/b;12-11-;.